The van der Waals surface area contributed by atoms with E-state index in [1.54, 1.807) is 11.3 Å². The van der Waals surface area contributed by atoms with Crippen LogP contribution < -0.4 is 10.5 Å². The van der Waals surface area contributed by atoms with E-state index in [9.17, 15) is 0 Å². The van der Waals surface area contributed by atoms with Gasteiger partial charge in [0.25, 0.3) is 0 Å². The molecule has 0 amide bonds. The number of nitrogens with two attached hydrogens (primary N) is 1. The number of aromatic nitrogens is 1. The van der Waals surface area contributed by atoms with Crippen LogP contribution in [0.5, 0.6) is 5.75 Å². The first-order valence-corrected chi connectivity index (χ1v) is 8.66. The number of thiazole rings is 1. The molecule has 0 saturated carbocycles. The molecule has 2 rings (SSSR count). The lowest BCUT2D eigenvalue weighted by Crippen LogP contribution is -2.21. The molecule has 1 aromatic carbocycles. The normalized spacial score (nSPS) is 11.7. The van der Waals surface area contributed by atoms with Crippen LogP contribution in [-0.2, 0) is 11.8 Å². The van der Waals surface area contributed by atoms with Crippen molar-refractivity contribution in [2.24, 2.45) is 5.73 Å². The highest BCUT2D eigenvalue weighted by atomic mass is 32.1. The van der Waals surface area contributed by atoms with E-state index in [1.165, 1.54) is 16.1 Å². The van der Waals surface area contributed by atoms with E-state index < -0.39 is 0 Å². The lowest BCUT2D eigenvalue weighted by Gasteiger charge is -2.22. The van der Waals surface area contributed by atoms with Gasteiger partial charge in [0, 0.05) is 17.2 Å². The second-order valence-electron chi connectivity index (χ2n) is 6.36. The predicted octanol–water partition coefficient (Wildman–Crippen LogP) is 4.01. The highest BCUT2D eigenvalue weighted by molar-refractivity contribution is 7.09. The zero-order valence-electron chi connectivity index (χ0n) is 14.0. The van der Waals surface area contributed by atoms with Crippen LogP contribution in [0.2, 0.25) is 0 Å². The summed E-state index contributed by atoms with van der Waals surface area (Å²) in [5, 5.41) is 3.29. The summed E-state index contributed by atoms with van der Waals surface area (Å²) < 4.78 is 5.99. The van der Waals surface area contributed by atoms with Crippen molar-refractivity contribution in [3.8, 4) is 5.75 Å². The van der Waals surface area contributed by atoms with Gasteiger partial charge in [0.05, 0.1) is 17.3 Å². The summed E-state index contributed by atoms with van der Waals surface area (Å²) >= 11 is 1.73. The minimum Gasteiger partial charge on any atom is -0.493 e. The molecule has 0 fully saturated rings. The summed E-state index contributed by atoms with van der Waals surface area (Å²) in [6.07, 6.45) is 1.79. The SMILES string of the molecule is Cc1cccc(OCCC(C)(C)c2nc(CCN)cs2)c1C. The molecule has 0 bridgehead atoms. The molecule has 4 heteroatoms. The van der Waals surface area contributed by atoms with Gasteiger partial charge in [0.2, 0.25) is 0 Å². The molecule has 0 aliphatic rings. The summed E-state index contributed by atoms with van der Waals surface area (Å²) in [7, 11) is 0. The Morgan fingerprint density at radius 1 is 1.27 bits per heavy atom. The fraction of sp³-hybridized carbons (Fsp3) is 0.500. The maximum absolute atomic E-state index is 5.99. The summed E-state index contributed by atoms with van der Waals surface area (Å²) in [5.41, 5.74) is 9.21. The summed E-state index contributed by atoms with van der Waals surface area (Å²) in [6.45, 7) is 10.0. The lowest BCUT2D eigenvalue weighted by molar-refractivity contribution is 0.270. The fourth-order valence-corrected chi connectivity index (χ4v) is 3.29. The first-order chi connectivity index (χ1) is 10.4. The Balaban J connectivity index is 1.95. The van der Waals surface area contributed by atoms with Gasteiger partial charge in [-0.1, -0.05) is 26.0 Å². The van der Waals surface area contributed by atoms with Crippen molar-refractivity contribution >= 4 is 11.3 Å². The van der Waals surface area contributed by atoms with Crippen LogP contribution in [0, 0.1) is 13.8 Å². The molecule has 2 N–H and O–H groups in total. The van der Waals surface area contributed by atoms with Crippen molar-refractivity contribution in [3.05, 3.63) is 45.4 Å². The molecule has 0 atom stereocenters. The van der Waals surface area contributed by atoms with Crippen LogP contribution in [0.1, 0.15) is 42.1 Å². The van der Waals surface area contributed by atoms with E-state index in [1.807, 2.05) is 12.1 Å². The van der Waals surface area contributed by atoms with Crippen molar-refractivity contribution in [1.29, 1.82) is 0 Å². The topological polar surface area (TPSA) is 48.1 Å². The minimum absolute atomic E-state index is 0.0231. The molecule has 120 valence electrons. The molecule has 2 aromatic rings. The summed E-state index contributed by atoms with van der Waals surface area (Å²) in [6, 6.07) is 6.20. The molecular formula is C18H26N2OS. The van der Waals surface area contributed by atoms with Crippen molar-refractivity contribution < 1.29 is 4.74 Å². The van der Waals surface area contributed by atoms with Gasteiger partial charge in [-0.25, -0.2) is 4.98 Å². The minimum atomic E-state index is 0.0231. The zero-order valence-corrected chi connectivity index (χ0v) is 14.8. The van der Waals surface area contributed by atoms with Crippen molar-refractivity contribution in [3.63, 3.8) is 0 Å². The number of benzene rings is 1. The van der Waals surface area contributed by atoms with E-state index in [0.29, 0.717) is 13.2 Å². The smallest absolute Gasteiger partial charge is 0.122 e. The van der Waals surface area contributed by atoms with E-state index in [-0.39, 0.29) is 5.41 Å². The third kappa shape index (κ3) is 4.08. The van der Waals surface area contributed by atoms with Gasteiger partial charge >= 0.3 is 0 Å². The number of nitrogens with zero attached hydrogens (tertiary/aromatic N) is 1. The third-order valence-corrected chi connectivity index (χ3v) is 5.33. The van der Waals surface area contributed by atoms with Crippen LogP contribution >= 0.6 is 11.3 Å². The van der Waals surface area contributed by atoms with E-state index in [4.69, 9.17) is 15.5 Å². The second kappa shape index (κ2) is 7.25. The Morgan fingerprint density at radius 3 is 2.77 bits per heavy atom. The number of ether oxygens (including phenoxy) is 1. The molecule has 0 radical (unpaired) electrons. The van der Waals surface area contributed by atoms with Gasteiger partial charge in [0.1, 0.15) is 5.75 Å². The molecule has 0 aliphatic carbocycles. The van der Waals surface area contributed by atoms with Crippen LogP contribution in [0.25, 0.3) is 0 Å². The first-order valence-electron chi connectivity index (χ1n) is 7.78. The number of rotatable bonds is 7. The number of hydrogen-bond acceptors (Lipinski definition) is 4. The Morgan fingerprint density at radius 2 is 2.05 bits per heavy atom. The van der Waals surface area contributed by atoms with Crippen LogP contribution in [0.4, 0.5) is 0 Å². The van der Waals surface area contributed by atoms with Gasteiger partial charge in [-0.3, -0.25) is 0 Å². The van der Waals surface area contributed by atoms with Gasteiger partial charge in [0.15, 0.2) is 0 Å². The van der Waals surface area contributed by atoms with Gasteiger partial charge in [-0.15, -0.1) is 11.3 Å². The molecule has 0 saturated heterocycles. The maximum Gasteiger partial charge on any atom is 0.122 e. The monoisotopic (exact) mass is 318 g/mol. The lowest BCUT2D eigenvalue weighted by atomic mass is 9.90. The largest absolute Gasteiger partial charge is 0.493 e. The molecule has 1 heterocycles. The first kappa shape index (κ1) is 17.0. The fourth-order valence-electron chi connectivity index (χ4n) is 2.28. The Hall–Kier alpha value is -1.39. The van der Waals surface area contributed by atoms with E-state index in [2.05, 4.69) is 39.1 Å². The Bertz CT molecular complexity index is 619. The third-order valence-electron chi connectivity index (χ3n) is 4.07. The van der Waals surface area contributed by atoms with Gasteiger partial charge < -0.3 is 10.5 Å². The number of hydrogen-bond donors (Lipinski definition) is 1. The summed E-state index contributed by atoms with van der Waals surface area (Å²) in [4.78, 5) is 4.71. The zero-order chi connectivity index (χ0) is 16.2. The summed E-state index contributed by atoms with van der Waals surface area (Å²) in [5.74, 6) is 0.985. The van der Waals surface area contributed by atoms with Crippen LogP contribution in [0.15, 0.2) is 23.6 Å². The standard InChI is InChI=1S/C18H26N2OS/c1-13-6-5-7-16(14(13)2)21-11-9-18(3,4)17-20-15(8-10-19)12-22-17/h5-7,12H,8-11,19H2,1-4H3. The second-order valence-corrected chi connectivity index (χ2v) is 7.22. The average Bonchev–Trinajstić information content (AvgIpc) is 2.93. The van der Waals surface area contributed by atoms with Crippen molar-refractivity contribution in [2.45, 2.75) is 46.0 Å². The average molecular weight is 318 g/mol. The maximum atomic E-state index is 5.99. The molecule has 0 spiro atoms. The van der Waals surface area contributed by atoms with Crippen molar-refractivity contribution in [2.75, 3.05) is 13.2 Å². The Kier molecular flexibility index (Phi) is 5.59. The molecule has 1 aromatic heterocycles. The molecule has 3 nitrogen and oxygen atoms in total. The van der Waals surface area contributed by atoms with Crippen molar-refractivity contribution in [1.82, 2.24) is 4.98 Å². The number of aryl methyl sites for hydroxylation is 1. The van der Waals surface area contributed by atoms with E-state index in [0.717, 1.165) is 24.3 Å². The molecule has 22 heavy (non-hydrogen) atoms. The highest BCUT2D eigenvalue weighted by Gasteiger charge is 2.24. The molecule has 0 aliphatic heterocycles. The quantitative estimate of drug-likeness (QED) is 0.839. The van der Waals surface area contributed by atoms with Gasteiger partial charge in [-0.2, -0.15) is 0 Å². The predicted molar refractivity (Wildman–Crippen MR) is 93.9 cm³/mol. The molecule has 0 unspecified atom stereocenters. The Labute approximate surface area is 137 Å². The van der Waals surface area contributed by atoms with Crippen LogP contribution in [0.3, 0.4) is 0 Å². The van der Waals surface area contributed by atoms with Gasteiger partial charge in [-0.05, 0) is 44.0 Å². The van der Waals surface area contributed by atoms with E-state index >= 15 is 0 Å². The molecular weight excluding hydrogens is 292 g/mol. The van der Waals surface area contributed by atoms with Crippen LogP contribution in [-0.4, -0.2) is 18.1 Å². The highest BCUT2D eigenvalue weighted by Crippen LogP contribution is 2.30.